The largest absolute Gasteiger partial charge is 0.462 e. The van der Waals surface area contributed by atoms with Gasteiger partial charge in [-0.05, 0) is 77.0 Å². The number of carbonyl (C=O) groups excluding carboxylic acids is 2. The van der Waals surface area contributed by atoms with Crippen molar-refractivity contribution in [2.75, 3.05) is 19.8 Å². The molecule has 1 heterocycles. The minimum Gasteiger partial charge on any atom is -0.462 e. The van der Waals surface area contributed by atoms with Crippen LogP contribution in [-0.4, -0.2) is 89.0 Å². The molecule has 1 saturated heterocycles. The van der Waals surface area contributed by atoms with Crippen LogP contribution in [0.4, 0.5) is 0 Å². The fourth-order valence-corrected chi connectivity index (χ4v) is 6.54. The molecule has 0 saturated carbocycles. The van der Waals surface area contributed by atoms with Crippen LogP contribution in [0.15, 0.2) is 48.6 Å². The first-order valence-corrected chi connectivity index (χ1v) is 22.7. The molecule has 57 heavy (non-hydrogen) atoms. The fourth-order valence-electron chi connectivity index (χ4n) is 6.54. The lowest BCUT2D eigenvalue weighted by molar-refractivity contribution is -0.305. The third-order valence-electron chi connectivity index (χ3n) is 10.2. The summed E-state index contributed by atoms with van der Waals surface area (Å²) in [5, 5.41) is 40.1. The average Bonchev–Trinajstić information content (AvgIpc) is 3.21. The molecule has 0 aromatic rings. The van der Waals surface area contributed by atoms with Gasteiger partial charge in [-0.25, -0.2) is 0 Å². The third-order valence-corrected chi connectivity index (χ3v) is 10.2. The van der Waals surface area contributed by atoms with Crippen LogP contribution in [0.1, 0.15) is 181 Å². The average molecular weight is 807 g/mol. The molecule has 1 aliphatic heterocycles. The van der Waals surface area contributed by atoms with Crippen molar-refractivity contribution >= 4 is 11.9 Å². The van der Waals surface area contributed by atoms with Crippen molar-refractivity contribution in [3.63, 3.8) is 0 Å². The van der Waals surface area contributed by atoms with Crippen LogP contribution in [0, 0.1) is 0 Å². The SMILES string of the molecule is CCCCC/C=C\C/C=C\CCCCCCCCCC(=O)OC(COC(=O)CCCCCCC/C=C\C/C=C\CCCCC)COC1OC(CO)C(O)C(O)C1O. The van der Waals surface area contributed by atoms with E-state index >= 15 is 0 Å². The highest BCUT2D eigenvalue weighted by Crippen LogP contribution is 2.22. The van der Waals surface area contributed by atoms with Gasteiger partial charge < -0.3 is 39.4 Å². The summed E-state index contributed by atoms with van der Waals surface area (Å²) in [5.74, 6) is -0.833. The molecule has 0 spiro atoms. The number of allylic oxidation sites excluding steroid dienone is 8. The number of esters is 2. The van der Waals surface area contributed by atoms with E-state index < -0.39 is 55.4 Å². The van der Waals surface area contributed by atoms with E-state index in [-0.39, 0.29) is 26.1 Å². The Morgan fingerprint density at radius 2 is 0.982 bits per heavy atom. The van der Waals surface area contributed by atoms with E-state index in [9.17, 15) is 30.0 Å². The van der Waals surface area contributed by atoms with Gasteiger partial charge >= 0.3 is 11.9 Å². The van der Waals surface area contributed by atoms with Gasteiger partial charge in [0, 0.05) is 12.8 Å². The zero-order valence-corrected chi connectivity index (χ0v) is 35.8. The monoisotopic (exact) mass is 807 g/mol. The van der Waals surface area contributed by atoms with Crippen LogP contribution in [0.5, 0.6) is 0 Å². The van der Waals surface area contributed by atoms with Crippen LogP contribution in [0.25, 0.3) is 0 Å². The summed E-state index contributed by atoms with van der Waals surface area (Å²) in [6.45, 7) is 3.34. The highest BCUT2D eigenvalue weighted by molar-refractivity contribution is 5.70. The standard InChI is InChI=1S/C47H82O10/c1-3-5-7-9-11-13-15-17-19-20-22-24-26-28-30-32-34-36-43(50)56-40(39-55-47-46(53)45(52)44(51)41(37-48)57-47)38-54-42(49)35-33-31-29-27-25-23-21-18-16-14-12-10-8-6-4-2/h11-14,17-19,21,40-41,44-48,51-53H,3-10,15-16,20,22-39H2,1-2H3/b13-11-,14-12-,19-17-,21-18-. The van der Waals surface area contributed by atoms with Crippen molar-refractivity contribution in [3.05, 3.63) is 48.6 Å². The van der Waals surface area contributed by atoms with E-state index in [1.807, 2.05) is 0 Å². The number of ether oxygens (including phenoxy) is 4. The van der Waals surface area contributed by atoms with Gasteiger partial charge in [0.2, 0.25) is 0 Å². The number of hydrogen-bond donors (Lipinski definition) is 4. The Morgan fingerprint density at radius 3 is 1.46 bits per heavy atom. The Bertz CT molecular complexity index is 1070. The van der Waals surface area contributed by atoms with E-state index in [2.05, 4.69) is 62.5 Å². The second-order valence-electron chi connectivity index (χ2n) is 15.5. The number of aliphatic hydroxyl groups excluding tert-OH is 4. The lowest BCUT2D eigenvalue weighted by atomic mass is 9.99. The lowest BCUT2D eigenvalue weighted by Crippen LogP contribution is -2.59. The lowest BCUT2D eigenvalue weighted by Gasteiger charge is -2.39. The minimum atomic E-state index is -1.60. The highest BCUT2D eigenvalue weighted by Gasteiger charge is 2.44. The predicted molar refractivity (Wildman–Crippen MR) is 229 cm³/mol. The van der Waals surface area contributed by atoms with Gasteiger partial charge in [0.1, 0.15) is 31.0 Å². The molecule has 0 aromatic carbocycles. The molecule has 1 aliphatic rings. The predicted octanol–water partition coefficient (Wildman–Crippen LogP) is 9.67. The first-order chi connectivity index (χ1) is 27.8. The second-order valence-corrected chi connectivity index (χ2v) is 15.5. The maximum Gasteiger partial charge on any atom is 0.306 e. The minimum absolute atomic E-state index is 0.217. The summed E-state index contributed by atoms with van der Waals surface area (Å²) >= 11 is 0. The Morgan fingerprint density at radius 1 is 0.544 bits per heavy atom. The van der Waals surface area contributed by atoms with Crippen LogP contribution in [0.2, 0.25) is 0 Å². The van der Waals surface area contributed by atoms with Crippen LogP contribution in [0.3, 0.4) is 0 Å². The van der Waals surface area contributed by atoms with Crippen molar-refractivity contribution in [2.24, 2.45) is 0 Å². The molecule has 6 atom stereocenters. The summed E-state index contributed by atoms with van der Waals surface area (Å²) in [5.41, 5.74) is 0. The normalized spacial score (nSPS) is 20.7. The molecule has 0 aliphatic carbocycles. The molecule has 10 heteroatoms. The first kappa shape index (κ1) is 52.7. The van der Waals surface area contributed by atoms with Gasteiger partial charge in [0.15, 0.2) is 12.4 Å². The molecular weight excluding hydrogens is 725 g/mol. The van der Waals surface area contributed by atoms with E-state index in [1.165, 1.54) is 70.6 Å². The Kier molecular flexibility index (Phi) is 35.0. The number of rotatable bonds is 37. The first-order valence-electron chi connectivity index (χ1n) is 22.7. The number of hydrogen-bond acceptors (Lipinski definition) is 10. The maximum atomic E-state index is 12.8. The fraction of sp³-hybridized carbons (Fsp3) is 0.787. The third kappa shape index (κ3) is 29.5. The van der Waals surface area contributed by atoms with Crippen LogP contribution in [-0.2, 0) is 28.5 Å². The number of unbranched alkanes of at least 4 members (excludes halogenated alkanes) is 18. The molecule has 1 rings (SSSR count). The van der Waals surface area contributed by atoms with E-state index in [1.54, 1.807) is 0 Å². The topological polar surface area (TPSA) is 152 Å². The quantitative estimate of drug-likeness (QED) is 0.0271. The van der Waals surface area contributed by atoms with Gasteiger partial charge in [-0.2, -0.15) is 0 Å². The molecular formula is C47H82O10. The van der Waals surface area contributed by atoms with Crippen LogP contribution >= 0.6 is 0 Å². The Hall–Kier alpha value is -2.34. The molecule has 4 N–H and O–H groups in total. The number of aliphatic hydroxyl groups is 4. The van der Waals surface area contributed by atoms with E-state index in [4.69, 9.17) is 18.9 Å². The van der Waals surface area contributed by atoms with Crippen LogP contribution < -0.4 is 0 Å². The molecule has 0 radical (unpaired) electrons. The van der Waals surface area contributed by atoms with Gasteiger partial charge in [-0.3, -0.25) is 9.59 Å². The van der Waals surface area contributed by atoms with Gasteiger partial charge in [0.05, 0.1) is 13.2 Å². The zero-order valence-electron chi connectivity index (χ0n) is 35.8. The molecule has 330 valence electrons. The van der Waals surface area contributed by atoms with Crippen molar-refractivity contribution in [1.29, 1.82) is 0 Å². The summed E-state index contributed by atoms with van der Waals surface area (Å²) in [6, 6.07) is 0. The maximum absolute atomic E-state index is 12.8. The summed E-state index contributed by atoms with van der Waals surface area (Å²) in [6.07, 6.45) is 36.8. The summed E-state index contributed by atoms with van der Waals surface area (Å²) in [7, 11) is 0. The van der Waals surface area contributed by atoms with Crippen molar-refractivity contribution in [3.8, 4) is 0 Å². The molecule has 0 aromatic heterocycles. The zero-order chi connectivity index (χ0) is 41.6. The van der Waals surface area contributed by atoms with E-state index in [0.717, 1.165) is 70.6 Å². The molecule has 6 unspecified atom stereocenters. The molecule has 1 fully saturated rings. The summed E-state index contributed by atoms with van der Waals surface area (Å²) < 4.78 is 22.1. The van der Waals surface area contributed by atoms with Crippen molar-refractivity contribution in [1.82, 2.24) is 0 Å². The van der Waals surface area contributed by atoms with E-state index in [0.29, 0.717) is 12.8 Å². The smallest absolute Gasteiger partial charge is 0.306 e. The Labute approximate surface area is 346 Å². The van der Waals surface area contributed by atoms with Gasteiger partial charge in [-0.15, -0.1) is 0 Å². The molecule has 0 amide bonds. The van der Waals surface area contributed by atoms with Crippen molar-refractivity contribution in [2.45, 2.75) is 218 Å². The molecule has 0 bridgehead atoms. The second kappa shape index (κ2) is 37.9. The summed E-state index contributed by atoms with van der Waals surface area (Å²) in [4.78, 5) is 25.3. The number of carbonyl (C=O) groups is 2. The van der Waals surface area contributed by atoms with Gasteiger partial charge in [0.25, 0.3) is 0 Å². The molecule has 10 nitrogen and oxygen atoms in total. The van der Waals surface area contributed by atoms with Crippen molar-refractivity contribution < 1.29 is 49.0 Å². The Balaban J connectivity index is 2.35. The highest BCUT2D eigenvalue weighted by atomic mass is 16.7. The van der Waals surface area contributed by atoms with Gasteiger partial charge in [-0.1, -0.05) is 140 Å².